The fourth-order valence-electron chi connectivity index (χ4n) is 2.32. The number of rotatable bonds is 7. The number of carbonyl (C=O) groups excluding carboxylic acids is 1. The predicted octanol–water partition coefficient (Wildman–Crippen LogP) is 0.444. The number of morpholine rings is 1. The van der Waals surface area contributed by atoms with Gasteiger partial charge in [-0.15, -0.1) is 0 Å². The van der Waals surface area contributed by atoms with Gasteiger partial charge in [0.15, 0.2) is 0 Å². The molecule has 0 radical (unpaired) electrons. The minimum absolute atomic E-state index is 0.0843. The summed E-state index contributed by atoms with van der Waals surface area (Å²) in [4.78, 5) is 14.4. The molecule has 0 aliphatic carbocycles. The lowest BCUT2D eigenvalue weighted by Crippen LogP contribution is -2.55. The number of amides is 1. The molecule has 0 aromatic carbocycles. The molecule has 1 heterocycles. The number of carbonyl (C=O) groups is 1. The van der Waals surface area contributed by atoms with Gasteiger partial charge >= 0.3 is 0 Å². The van der Waals surface area contributed by atoms with E-state index in [-0.39, 0.29) is 11.9 Å². The molecule has 19 heavy (non-hydrogen) atoms. The molecule has 5 heteroatoms. The van der Waals surface area contributed by atoms with Crippen LogP contribution < -0.4 is 11.1 Å². The zero-order valence-corrected chi connectivity index (χ0v) is 12.5. The lowest BCUT2D eigenvalue weighted by molar-refractivity contribution is -0.133. The first-order valence-corrected chi connectivity index (χ1v) is 7.39. The third-order valence-corrected chi connectivity index (χ3v) is 3.81. The molecule has 0 aromatic heterocycles. The van der Waals surface area contributed by atoms with E-state index >= 15 is 0 Å². The highest BCUT2D eigenvalue weighted by Gasteiger charge is 2.31. The zero-order valence-electron chi connectivity index (χ0n) is 12.5. The maximum atomic E-state index is 12.1. The lowest BCUT2D eigenvalue weighted by Gasteiger charge is -2.37. The van der Waals surface area contributed by atoms with Crippen molar-refractivity contribution in [1.29, 1.82) is 0 Å². The van der Waals surface area contributed by atoms with Crippen molar-refractivity contribution in [2.45, 2.75) is 33.2 Å². The van der Waals surface area contributed by atoms with Crippen molar-refractivity contribution in [3.05, 3.63) is 0 Å². The molecule has 1 aliphatic rings. The average Bonchev–Trinajstić information content (AvgIpc) is 2.42. The third-order valence-electron chi connectivity index (χ3n) is 3.81. The summed E-state index contributed by atoms with van der Waals surface area (Å²) in [6.45, 7) is 10.7. The van der Waals surface area contributed by atoms with Crippen LogP contribution in [0.2, 0.25) is 0 Å². The first kappa shape index (κ1) is 16.4. The SMILES string of the molecule is CCCNC(=O)C1COCCN1CC(CN)C(C)C. The van der Waals surface area contributed by atoms with Crippen LogP contribution in [0, 0.1) is 11.8 Å². The Morgan fingerprint density at radius 1 is 1.53 bits per heavy atom. The summed E-state index contributed by atoms with van der Waals surface area (Å²) in [7, 11) is 0. The van der Waals surface area contributed by atoms with Crippen LogP contribution in [-0.2, 0) is 9.53 Å². The fraction of sp³-hybridized carbons (Fsp3) is 0.929. The van der Waals surface area contributed by atoms with E-state index in [1.807, 2.05) is 0 Å². The molecule has 1 amide bonds. The maximum absolute atomic E-state index is 12.1. The topological polar surface area (TPSA) is 67.6 Å². The molecule has 1 fully saturated rings. The summed E-state index contributed by atoms with van der Waals surface area (Å²) in [5.74, 6) is 1.05. The van der Waals surface area contributed by atoms with E-state index in [1.165, 1.54) is 0 Å². The average molecular weight is 271 g/mol. The van der Waals surface area contributed by atoms with Crippen LogP contribution in [0.25, 0.3) is 0 Å². The smallest absolute Gasteiger partial charge is 0.239 e. The molecule has 0 saturated carbocycles. The minimum Gasteiger partial charge on any atom is -0.378 e. The van der Waals surface area contributed by atoms with Crippen LogP contribution in [0.1, 0.15) is 27.2 Å². The molecule has 2 unspecified atom stereocenters. The highest BCUT2D eigenvalue weighted by atomic mass is 16.5. The fourth-order valence-corrected chi connectivity index (χ4v) is 2.32. The third kappa shape index (κ3) is 5.09. The van der Waals surface area contributed by atoms with Crippen molar-refractivity contribution < 1.29 is 9.53 Å². The molecule has 0 bridgehead atoms. The van der Waals surface area contributed by atoms with Gasteiger partial charge in [0.05, 0.1) is 13.2 Å². The number of hydrogen-bond acceptors (Lipinski definition) is 4. The molecule has 2 atom stereocenters. The summed E-state index contributed by atoms with van der Waals surface area (Å²) in [5.41, 5.74) is 5.83. The Bertz CT molecular complexity index is 271. The Hall–Kier alpha value is -0.650. The Balaban J connectivity index is 2.58. The summed E-state index contributed by atoms with van der Waals surface area (Å²) >= 11 is 0. The summed E-state index contributed by atoms with van der Waals surface area (Å²) in [6, 6.07) is -0.159. The number of nitrogens with zero attached hydrogens (tertiary/aromatic N) is 1. The van der Waals surface area contributed by atoms with Gasteiger partial charge < -0.3 is 15.8 Å². The van der Waals surface area contributed by atoms with Crippen molar-refractivity contribution in [3.8, 4) is 0 Å². The van der Waals surface area contributed by atoms with Crippen LogP contribution in [0.3, 0.4) is 0 Å². The lowest BCUT2D eigenvalue weighted by atomic mass is 9.94. The van der Waals surface area contributed by atoms with Gasteiger partial charge in [0.2, 0.25) is 5.91 Å². The summed E-state index contributed by atoms with van der Waals surface area (Å²) in [6.07, 6.45) is 0.955. The van der Waals surface area contributed by atoms with Gasteiger partial charge in [-0.2, -0.15) is 0 Å². The molecule has 112 valence electrons. The summed E-state index contributed by atoms with van der Waals surface area (Å²) < 4.78 is 5.46. The number of hydrogen-bond donors (Lipinski definition) is 2. The molecular formula is C14H29N3O2. The normalized spacial score (nSPS) is 22.5. The second kappa shape index (κ2) is 8.51. The number of nitrogens with one attached hydrogen (secondary N) is 1. The van der Waals surface area contributed by atoms with Gasteiger partial charge in [-0.1, -0.05) is 20.8 Å². The van der Waals surface area contributed by atoms with Crippen molar-refractivity contribution in [2.24, 2.45) is 17.6 Å². The van der Waals surface area contributed by atoms with Gasteiger partial charge in [-0.05, 0) is 24.8 Å². The molecule has 5 nitrogen and oxygen atoms in total. The molecule has 1 rings (SSSR count). The van der Waals surface area contributed by atoms with E-state index in [1.54, 1.807) is 0 Å². The standard InChI is InChI=1S/C14H29N3O2/c1-4-5-16-14(18)13-10-19-7-6-17(13)9-12(8-15)11(2)3/h11-13H,4-10,15H2,1-3H3,(H,16,18). The number of ether oxygens (including phenoxy) is 1. The van der Waals surface area contributed by atoms with Crippen LogP contribution in [0.15, 0.2) is 0 Å². The molecule has 1 saturated heterocycles. The van der Waals surface area contributed by atoms with Crippen molar-refractivity contribution in [2.75, 3.05) is 39.4 Å². The van der Waals surface area contributed by atoms with Crippen molar-refractivity contribution in [1.82, 2.24) is 10.2 Å². The summed E-state index contributed by atoms with van der Waals surface area (Å²) in [5, 5.41) is 2.96. The molecule has 0 aromatic rings. The first-order valence-electron chi connectivity index (χ1n) is 7.39. The zero-order chi connectivity index (χ0) is 14.3. The van der Waals surface area contributed by atoms with Crippen LogP contribution >= 0.6 is 0 Å². The second-order valence-electron chi connectivity index (χ2n) is 5.62. The van der Waals surface area contributed by atoms with E-state index in [9.17, 15) is 4.79 Å². The quantitative estimate of drug-likeness (QED) is 0.705. The van der Waals surface area contributed by atoms with Gasteiger partial charge in [0, 0.05) is 19.6 Å². The van der Waals surface area contributed by atoms with Crippen LogP contribution in [-0.4, -0.2) is 56.2 Å². The highest BCUT2D eigenvalue weighted by Crippen LogP contribution is 2.15. The van der Waals surface area contributed by atoms with E-state index in [4.69, 9.17) is 10.5 Å². The molecule has 1 aliphatic heterocycles. The van der Waals surface area contributed by atoms with Gasteiger partial charge in [-0.25, -0.2) is 0 Å². The van der Waals surface area contributed by atoms with Crippen molar-refractivity contribution in [3.63, 3.8) is 0 Å². The highest BCUT2D eigenvalue weighted by molar-refractivity contribution is 5.82. The van der Waals surface area contributed by atoms with Gasteiger partial charge in [0.25, 0.3) is 0 Å². The minimum atomic E-state index is -0.159. The Labute approximate surface area is 116 Å². The van der Waals surface area contributed by atoms with Gasteiger partial charge in [0.1, 0.15) is 6.04 Å². The maximum Gasteiger partial charge on any atom is 0.239 e. The first-order chi connectivity index (χ1) is 9.10. The van der Waals surface area contributed by atoms with Crippen LogP contribution in [0.4, 0.5) is 0 Å². The molecular weight excluding hydrogens is 242 g/mol. The Morgan fingerprint density at radius 2 is 2.26 bits per heavy atom. The Kier molecular flexibility index (Phi) is 7.34. The van der Waals surface area contributed by atoms with E-state index in [0.717, 1.165) is 26.1 Å². The Morgan fingerprint density at radius 3 is 2.84 bits per heavy atom. The van der Waals surface area contributed by atoms with E-state index < -0.39 is 0 Å². The monoisotopic (exact) mass is 271 g/mol. The van der Waals surface area contributed by atoms with Crippen LogP contribution in [0.5, 0.6) is 0 Å². The molecule has 0 spiro atoms. The number of nitrogens with two attached hydrogens (primary N) is 1. The van der Waals surface area contributed by atoms with Gasteiger partial charge in [-0.3, -0.25) is 9.69 Å². The predicted molar refractivity (Wildman–Crippen MR) is 76.9 cm³/mol. The molecule has 3 N–H and O–H groups in total. The van der Waals surface area contributed by atoms with E-state index in [0.29, 0.717) is 31.6 Å². The van der Waals surface area contributed by atoms with E-state index in [2.05, 4.69) is 31.0 Å². The van der Waals surface area contributed by atoms with Crippen molar-refractivity contribution >= 4 is 5.91 Å². The second-order valence-corrected chi connectivity index (χ2v) is 5.62. The largest absolute Gasteiger partial charge is 0.378 e.